The highest BCUT2D eigenvalue weighted by atomic mass is 16.2. The summed E-state index contributed by atoms with van der Waals surface area (Å²) < 4.78 is 0. The highest BCUT2D eigenvalue weighted by Gasteiger charge is 2.30. The van der Waals surface area contributed by atoms with Crippen molar-refractivity contribution >= 4 is 11.9 Å². The molecule has 6 nitrogen and oxygen atoms in total. The fourth-order valence-corrected chi connectivity index (χ4v) is 4.78. The van der Waals surface area contributed by atoms with E-state index in [1.54, 1.807) is 0 Å². The number of benzene rings is 1. The molecule has 0 saturated carbocycles. The minimum Gasteiger partial charge on any atom is -0.352 e. The molecule has 152 valence electrons. The van der Waals surface area contributed by atoms with Crippen molar-refractivity contribution in [2.24, 2.45) is 4.99 Å². The van der Waals surface area contributed by atoms with E-state index in [1.807, 2.05) is 11.9 Å². The Hall–Kier alpha value is -2.08. The zero-order valence-electron chi connectivity index (χ0n) is 17.1. The summed E-state index contributed by atoms with van der Waals surface area (Å²) >= 11 is 0. The smallest absolute Gasteiger partial charge is 0.222 e. The number of nitrogens with one attached hydrogen (secondary N) is 1. The van der Waals surface area contributed by atoms with Crippen molar-refractivity contribution in [2.45, 2.75) is 51.2 Å². The zero-order chi connectivity index (χ0) is 19.3. The van der Waals surface area contributed by atoms with Crippen molar-refractivity contribution < 1.29 is 4.79 Å². The number of hydrogen-bond acceptors (Lipinski definition) is 3. The van der Waals surface area contributed by atoms with Gasteiger partial charge in [0.1, 0.15) is 0 Å². The zero-order valence-corrected chi connectivity index (χ0v) is 17.1. The lowest BCUT2D eigenvalue weighted by Gasteiger charge is -2.25. The van der Waals surface area contributed by atoms with Crippen LogP contribution in [0.25, 0.3) is 0 Å². The molecule has 4 rings (SSSR count). The molecule has 6 heteroatoms. The first-order valence-electron chi connectivity index (χ1n) is 10.8. The van der Waals surface area contributed by atoms with Gasteiger partial charge in [0, 0.05) is 52.2 Å². The molecule has 1 atom stereocenters. The summed E-state index contributed by atoms with van der Waals surface area (Å²) in [6, 6.07) is 9.25. The Morgan fingerprint density at radius 3 is 2.71 bits per heavy atom. The second kappa shape index (κ2) is 8.95. The fourth-order valence-electron chi connectivity index (χ4n) is 4.78. The lowest BCUT2D eigenvalue weighted by atomic mass is 10.1. The summed E-state index contributed by atoms with van der Waals surface area (Å²) in [4.78, 5) is 23.4. The number of nitrogens with zero attached hydrogens (tertiary/aromatic N) is 4. The van der Waals surface area contributed by atoms with Crippen LogP contribution in [-0.4, -0.2) is 72.4 Å². The summed E-state index contributed by atoms with van der Waals surface area (Å²) in [5.74, 6) is 1.28. The van der Waals surface area contributed by atoms with E-state index < -0.39 is 0 Å². The standard InChI is InChI=1S/C22H33N5O/c1-23-22(27-13-9-20(17-27)25-10-2-3-11-25)24-15-18-6-4-7-19(14-18)16-26-12-5-8-21(26)28/h4,6-7,14,20H,2-3,5,8-13,15-17H2,1H3,(H,23,24). The third kappa shape index (κ3) is 4.49. The second-order valence-corrected chi connectivity index (χ2v) is 8.27. The molecule has 28 heavy (non-hydrogen) atoms. The molecule has 1 amide bonds. The number of likely N-dealkylation sites (tertiary alicyclic amines) is 3. The monoisotopic (exact) mass is 383 g/mol. The highest BCUT2D eigenvalue weighted by molar-refractivity contribution is 5.80. The van der Waals surface area contributed by atoms with Gasteiger partial charge >= 0.3 is 0 Å². The van der Waals surface area contributed by atoms with Crippen LogP contribution in [0.4, 0.5) is 0 Å². The molecule has 1 unspecified atom stereocenters. The van der Waals surface area contributed by atoms with Gasteiger partial charge in [0.2, 0.25) is 5.91 Å². The van der Waals surface area contributed by atoms with Crippen LogP contribution in [-0.2, 0) is 17.9 Å². The van der Waals surface area contributed by atoms with Crippen LogP contribution < -0.4 is 5.32 Å². The topological polar surface area (TPSA) is 51.2 Å². The number of rotatable bonds is 5. The van der Waals surface area contributed by atoms with E-state index in [9.17, 15) is 4.79 Å². The number of carbonyl (C=O) groups excluding carboxylic acids is 1. The SMILES string of the molecule is CN=C(NCc1cccc(CN2CCCC2=O)c1)N1CCC(N2CCCC2)C1. The van der Waals surface area contributed by atoms with Gasteiger partial charge in [-0.1, -0.05) is 24.3 Å². The predicted octanol–water partition coefficient (Wildman–Crippen LogP) is 2.05. The summed E-state index contributed by atoms with van der Waals surface area (Å²) in [6.45, 7) is 7.06. The average Bonchev–Trinajstić information content (AvgIpc) is 3.45. The van der Waals surface area contributed by atoms with Gasteiger partial charge in [0.05, 0.1) is 0 Å². The molecule has 1 aromatic rings. The molecule has 3 fully saturated rings. The van der Waals surface area contributed by atoms with Crippen molar-refractivity contribution in [3.8, 4) is 0 Å². The molecule has 1 aromatic carbocycles. The van der Waals surface area contributed by atoms with Gasteiger partial charge in [-0.3, -0.25) is 14.7 Å². The molecule has 0 spiro atoms. The maximum absolute atomic E-state index is 11.9. The number of aliphatic imine (C=N–C) groups is 1. The van der Waals surface area contributed by atoms with Crippen LogP contribution in [0.15, 0.2) is 29.3 Å². The van der Waals surface area contributed by atoms with E-state index in [0.717, 1.165) is 45.1 Å². The number of hydrogen-bond donors (Lipinski definition) is 1. The Kier molecular flexibility index (Phi) is 6.15. The average molecular weight is 384 g/mol. The second-order valence-electron chi connectivity index (χ2n) is 8.27. The quantitative estimate of drug-likeness (QED) is 0.625. The summed E-state index contributed by atoms with van der Waals surface area (Å²) in [7, 11) is 1.88. The Morgan fingerprint density at radius 2 is 1.96 bits per heavy atom. The minimum atomic E-state index is 0.283. The molecule has 0 bridgehead atoms. The van der Waals surface area contributed by atoms with Gasteiger partial charge in [-0.2, -0.15) is 0 Å². The molecule has 1 N–H and O–H groups in total. The van der Waals surface area contributed by atoms with Crippen LogP contribution in [0, 0.1) is 0 Å². The number of carbonyl (C=O) groups is 1. The largest absolute Gasteiger partial charge is 0.352 e. The Balaban J connectivity index is 1.30. The minimum absolute atomic E-state index is 0.283. The van der Waals surface area contributed by atoms with Crippen LogP contribution in [0.3, 0.4) is 0 Å². The molecule has 0 aromatic heterocycles. The molecular formula is C22H33N5O. The first-order valence-corrected chi connectivity index (χ1v) is 10.8. The third-order valence-electron chi connectivity index (χ3n) is 6.32. The molecule has 3 aliphatic heterocycles. The van der Waals surface area contributed by atoms with E-state index >= 15 is 0 Å². The van der Waals surface area contributed by atoms with Gasteiger partial charge in [0.25, 0.3) is 0 Å². The normalized spacial score (nSPS) is 23.8. The van der Waals surface area contributed by atoms with Gasteiger partial charge in [0.15, 0.2) is 5.96 Å². The van der Waals surface area contributed by atoms with E-state index in [4.69, 9.17) is 0 Å². The lowest BCUT2D eigenvalue weighted by molar-refractivity contribution is -0.128. The van der Waals surface area contributed by atoms with Crippen molar-refractivity contribution in [1.29, 1.82) is 0 Å². The van der Waals surface area contributed by atoms with Crippen molar-refractivity contribution in [1.82, 2.24) is 20.0 Å². The third-order valence-corrected chi connectivity index (χ3v) is 6.32. The maximum Gasteiger partial charge on any atom is 0.222 e. The van der Waals surface area contributed by atoms with Crippen molar-refractivity contribution in [3.63, 3.8) is 0 Å². The Labute approximate surface area is 168 Å². The van der Waals surface area contributed by atoms with E-state index in [0.29, 0.717) is 12.5 Å². The van der Waals surface area contributed by atoms with Crippen LogP contribution in [0.1, 0.15) is 43.2 Å². The van der Waals surface area contributed by atoms with Crippen LogP contribution >= 0.6 is 0 Å². The number of amides is 1. The van der Waals surface area contributed by atoms with Gasteiger partial charge in [-0.05, 0) is 49.9 Å². The fraction of sp³-hybridized carbons (Fsp3) is 0.636. The van der Waals surface area contributed by atoms with Crippen molar-refractivity contribution in [3.05, 3.63) is 35.4 Å². The van der Waals surface area contributed by atoms with Gasteiger partial charge < -0.3 is 15.1 Å². The molecule has 3 saturated heterocycles. The first kappa shape index (κ1) is 19.2. The molecule has 3 aliphatic rings. The van der Waals surface area contributed by atoms with E-state index in [2.05, 4.69) is 44.4 Å². The van der Waals surface area contributed by atoms with Gasteiger partial charge in [-0.25, -0.2) is 0 Å². The Morgan fingerprint density at radius 1 is 1.14 bits per heavy atom. The summed E-state index contributed by atoms with van der Waals surface area (Å²) in [6.07, 6.45) is 5.63. The van der Waals surface area contributed by atoms with Crippen LogP contribution in [0.2, 0.25) is 0 Å². The van der Waals surface area contributed by atoms with Gasteiger partial charge in [-0.15, -0.1) is 0 Å². The highest BCUT2D eigenvalue weighted by Crippen LogP contribution is 2.20. The summed E-state index contributed by atoms with van der Waals surface area (Å²) in [5.41, 5.74) is 2.44. The summed E-state index contributed by atoms with van der Waals surface area (Å²) in [5, 5.41) is 3.55. The maximum atomic E-state index is 11.9. The number of guanidine groups is 1. The molecule has 3 heterocycles. The predicted molar refractivity (Wildman–Crippen MR) is 112 cm³/mol. The molecular weight excluding hydrogens is 350 g/mol. The molecule has 0 aliphatic carbocycles. The van der Waals surface area contributed by atoms with E-state index in [1.165, 1.54) is 43.5 Å². The van der Waals surface area contributed by atoms with E-state index in [-0.39, 0.29) is 5.91 Å². The van der Waals surface area contributed by atoms with Crippen molar-refractivity contribution in [2.75, 3.05) is 39.8 Å². The van der Waals surface area contributed by atoms with Crippen LogP contribution in [0.5, 0.6) is 0 Å². The lowest BCUT2D eigenvalue weighted by Crippen LogP contribution is -2.42. The first-order chi connectivity index (χ1) is 13.7. The molecule has 0 radical (unpaired) electrons. The Bertz CT molecular complexity index is 713.